The van der Waals surface area contributed by atoms with Crippen molar-refractivity contribution in [3.05, 3.63) is 90.1 Å². The Hall–Kier alpha value is -2.98. The number of carbonyl (C=O) groups is 1. The molecule has 0 radical (unpaired) electrons. The minimum absolute atomic E-state index is 0.129. The van der Waals surface area contributed by atoms with E-state index >= 15 is 0 Å². The Bertz CT molecular complexity index is 941. The monoisotopic (exact) mass is 385 g/mol. The smallest absolute Gasteiger partial charge is 0.240 e. The SMILES string of the molecule is CC1(C(=O)NCCc2ccccc2)CCN1Cc1ccc(-c2ccccn2)cc1. The van der Waals surface area contributed by atoms with Crippen LogP contribution in [0.25, 0.3) is 11.3 Å². The average molecular weight is 386 g/mol. The molecule has 1 saturated heterocycles. The molecule has 4 nitrogen and oxygen atoms in total. The van der Waals surface area contributed by atoms with Crippen LogP contribution in [0.1, 0.15) is 24.5 Å². The van der Waals surface area contributed by atoms with Gasteiger partial charge in [0.05, 0.1) is 11.2 Å². The highest BCUT2D eigenvalue weighted by Gasteiger charge is 2.46. The number of benzene rings is 2. The first-order chi connectivity index (χ1) is 14.1. The second kappa shape index (κ2) is 8.58. The molecule has 1 fully saturated rings. The topological polar surface area (TPSA) is 45.2 Å². The molecule has 148 valence electrons. The van der Waals surface area contributed by atoms with Gasteiger partial charge in [0.25, 0.3) is 0 Å². The summed E-state index contributed by atoms with van der Waals surface area (Å²) in [4.78, 5) is 19.5. The maximum Gasteiger partial charge on any atom is 0.240 e. The van der Waals surface area contributed by atoms with Gasteiger partial charge in [-0.05, 0) is 43.0 Å². The number of amides is 1. The Labute approximate surface area is 172 Å². The van der Waals surface area contributed by atoms with Crippen LogP contribution < -0.4 is 5.32 Å². The molecule has 29 heavy (non-hydrogen) atoms. The van der Waals surface area contributed by atoms with Gasteiger partial charge in [-0.2, -0.15) is 0 Å². The van der Waals surface area contributed by atoms with Crippen LogP contribution in [-0.2, 0) is 17.8 Å². The van der Waals surface area contributed by atoms with Crippen LogP contribution in [0.2, 0.25) is 0 Å². The Morgan fingerprint density at radius 3 is 2.41 bits per heavy atom. The van der Waals surface area contributed by atoms with Gasteiger partial charge in [-0.3, -0.25) is 14.7 Å². The van der Waals surface area contributed by atoms with Gasteiger partial charge < -0.3 is 5.32 Å². The van der Waals surface area contributed by atoms with Gasteiger partial charge in [0.2, 0.25) is 5.91 Å². The molecule has 0 aliphatic carbocycles. The van der Waals surface area contributed by atoms with E-state index in [0.717, 1.165) is 37.2 Å². The fourth-order valence-corrected chi connectivity index (χ4v) is 3.81. The molecule has 2 aromatic carbocycles. The van der Waals surface area contributed by atoms with Crippen molar-refractivity contribution in [1.29, 1.82) is 0 Å². The first-order valence-electron chi connectivity index (χ1n) is 10.2. The van der Waals surface area contributed by atoms with Gasteiger partial charge >= 0.3 is 0 Å². The maximum atomic E-state index is 12.8. The maximum absolute atomic E-state index is 12.8. The Balaban J connectivity index is 1.32. The molecule has 2 heterocycles. The molecular formula is C25H27N3O. The zero-order valence-corrected chi connectivity index (χ0v) is 16.8. The van der Waals surface area contributed by atoms with E-state index in [4.69, 9.17) is 0 Å². The predicted octanol–water partition coefficient (Wildman–Crippen LogP) is 4.07. The van der Waals surface area contributed by atoms with Crippen LogP contribution in [0.5, 0.6) is 0 Å². The van der Waals surface area contributed by atoms with Crippen LogP contribution >= 0.6 is 0 Å². The number of rotatable bonds is 7. The van der Waals surface area contributed by atoms with Crippen LogP contribution in [-0.4, -0.2) is 34.4 Å². The molecule has 1 aromatic heterocycles. The largest absolute Gasteiger partial charge is 0.354 e. The molecule has 0 saturated carbocycles. The summed E-state index contributed by atoms with van der Waals surface area (Å²) in [5.74, 6) is 0.129. The normalized spacial score (nSPS) is 18.8. The number of nitrogens with one attached hydrogen (secondary N) is 1. The van der Waals surface area contributed by atoms with Crippen LogP contribution in [0.15, 0.2) is 79.0 Å². The molecule has 1 unspecified atom stereocenters. The number of likely N-dealkylation sites (tertiary alicyclic amines) is 1. The van der Waals surface area contributed by atoms with Gasteiger partial charge in [0.1, 0.15) is 0 Å². The second-order valence-electron chi connectivity index (χ2n) is 7.85. The highest BCUT2D eigenvalue weighted by atomic mass is 16.2. The molecule has 3 aromatic rings. The fourth-order valence-electron chi connectivity index (χ4n) is 3.81. The zero-order valence-electron chi connectivity index (χ0n) is 16.8. The molecule has 4 heteroatoms. The van der Waals surface area contributed by atoms with Crippen molar-refractivity contribution in [1.82, 2.24) is 15.2 Å². The van der Waals surface area contributed by atoms with E-state index < -0.39 is 5.54 Å². The summed E-state index contributed by atoms with van der Waals surface area (Å²) in [6, 6.07) is 24.7. The zero-order chi connectivity index (χ0) is 20.1. The molecule has 1 N–H and O–H groups in total. The van der Waals surface area contributed by atoms with Gasteiger partial charge in [0.15, 0.2) is 0 Å². The van der Waals surface area contributed by atoms with Crippen molar-refractivity contribution in [2.24, 2.45) is 0 Å². The lowest BCUT2D eigenvalue weighted by atomic mass is 9.85. The lowest BCUT2D eigenvalue weighted by molar-refractivity contribution is -0.141. The Kier molecular flexibility index (Phi) is 5.72. The standard InChI is InChI=1S/C25H27N3O/c1-25(24(29)27-17-14-20-7-3-2-4-8-20)15-18-28(25)19-21-10-12-22(13-11-21)23-9-5-6-16-26-23/h2-13,16H,14-15,17-19H2,1H3,(H,27,29). The third-order valence-electron chi connectivity index (χ3n) is 5.89. The molecule has 1 aliphatic heterocycles. The number of hydrogen-bond donors (Lipinski definition) is 1. The van der Waals surface area contributed by atoms with Crippen LogP contribution in [0.3, 0.4) is 0 Å². The van der Waals surface area contributed by atoms with E-state index in [1.165, 1.54) is 11.1 Å². The molecular weight excluding hydrogens is 358 g/mol. The third-order valence-corrected chi connectivity index (χ3v) is 5.89. The molecule has 1 aliphatic rings. The van der Waals surface area contributed by atoms with E-state index in [9.17, 15) is 4.79 Å². The summed E-state index contributed by atoms with van der Waals surface area (Å²) in [6.45, 7) is 4.46. The molecule has 0 bridgehead atoms. The minimum atomic E-state index is -0.420. The minimum Gasteiger partial charge on any atom is -0.354 e. The molecule has 4 rings (SSSR count). The number of nitrogens with zero attached hydrogens (tertiary/aromatic N) is 2. The van der Waals surface area contributed by atoms with Gasteiger partial charge in [0, 0.05) is 31.4 Å². The molecule has 1 amide bonds. The third kappa shape index (κ3) is 4.38. The number of carbonyl (C=O) groups excluding carboxylic acids is 1. The van der Waals surface area contributed by atoms with Crippen LogP contribution in [0, 0.1) is 0 Å². The second-order valence-corrected chi connectivity index (χ2v) is 7.85. The van der Waals surface area contributed by atoms with Gasteiger partial charge in [-0.1, -0.05) is 60.7 Å². The van der Waals surface area contributed by atoms with Crippen molar-refractivity contribution < 1.29 is 4.79 Å². The van der Waals surface area contributed by atoms with Crippen LogP contribution in [0.4, 0.5) is 0 Å². The van der Waals surface area contributed by atoms with Crippen molar-refractivity contribution in [3.63, 3.8) is 0 Å². The van der Waals surface area contributed by atoms with E-state index in [2.05, 4.69) is 58.5 Å². The summed E-state index contributed by atoms with van der Waals surface area (Å²) in [7, 11) is 0. The summed E-state index contributed by atoms with van der Waals surface area (Å²) in [5, 5.41) is 3.13. The van der Waals surface area contributed by atoms with Crippen molar-refractivity contribution in [2.75, 3.05) is 13.1 Å². The molecule has 0 spiro atoms. The van der Waals surface area contributed by atoms with Crippen molar-refractivity contribution in [3.8, 4) is 11.3 Å². The van der Waals surface area contributed by atoms with Crippen molar-refractivity contribution in [2.45, 2.75) is 31.8 Å². The number of pyridine rings is 1. The average Bonchev–Trinajstić information content (AvgIpc) is 2.78. The van der Waals surface area contributed by atoms with E-state index in [0.29, 0.717) is 6.54 Å². The van der Waals surface area contributed by atoms with Gasteiger partial charge in [-0.15, -0.1) is 0 Å². The van der Waals surface area contributed by atoms with Gasteiger partial charge in [-0.25, -0.2) is 0 Å². The highest BCUT2D eigenvalue weighted by molar-refractivity contribution is 5.86. The lowest BCUT2D eigenvalue weighted by Gasteiger charge is -2.49. The summed E-state index contributed by atoms with van der Waals surface area (Å²) >= 11 is 0. The Morgan fingerprint density at radius 2 is 1.76 bits per heavy atom. The van der Waals surface area contributed by atoms with E-state index in [1.807, 2.05) is 42.6 Å². The predicted molar refractivity (Wildman–Crippen MR) is 116 cm³/mol. The Morgan fingerprint density at radius 1 is 1.00 bits per heavy atom. The number of aromatic nitrogens is 1. The molecule has 1 atom stereocenters. The van der Waals surface area contributed by atoms with Crippen molar-refractivity contribution >= 4 is 5.91 Å². The number of hydrogen-bond acceptors (Lipinski definition) is 3. The van der Waals surface area contributed by atoms with E-state index in [1.54, 1.807) is 0 Å². The van der Waals surface area contributed by atoms with E-state index in [-0.39, 0.29) is 5.91 Å². The summed E-state index contributed by atoms with van der Waals surface area (Å²) < 4.78 is 0. The fraction of sp³-hybridized carbons (Fsp3) is 0.280. The summed E-state index contributed by atoms with van der Waals surface area (Å²) in [5.41, 5.74) is 4.13. The first kappa shape index (κ1) is 19.3. The quantitative estimate of drug-likeness (QED) is 0.667. The first-order valence-corrected chi connectivity index (χ1v) is 10.2. The highest BCUT2D eigenvalue weighted by Crippen LogP contribution is 2.32. The lowest BCUT2D eigenvalue weighted by Crippen LogP contribution is -2.65. The summed E-state index contributed by atoms with van der Waals surface area (Å²) in [6.07, 6.45) is 3.57.